The lowest BCUT2D eigenvalue weighted by Gasteiger charge is -2.14. The van der Waals surface area contributed by atoms with Gasteiger partial charge in [0.05, 0.1) is 11.4 Å². The van der Waals surface area contributed by atoms with Gasteiger partial charge in [-0.05, 0) is 31.4 Å². The second kappa shape index (κ2) is 6.21. The summed E-state index contributed by atoms with van der Waals surface area (Å²) in [5.41, 5.74) is 2.90. The van der Waals surface area contributed by atoms with E-state index in [0.717, 1.165) is 22.2 Å². The highest BCUT2D eigenvalue weighted by Gasteiger charge is 2.28. The van der Waals surface area contributed by atoms with Crippen LogP contribution in [0.25, 0.3) is 22.5 Å². The molecule has 0 atom stereocenters. The predicted molar refractivity (Wildman–Crippen MR) is 100 cm³/mol. The van der Waals surface area contributed by atoms with Crippen LogP contribution < -0.4 is 10.6 Å². The third kappa shape index (κ3) is 2.79. The number of aryl methyl sites for hydroxylation is 1. The highest BCUT2D eigenvalue weighted by atomic mass is 16.2. The lowest BCUT2D eigenvalue weighted by Crippen LogP contribution is -2.51. The molecule has 1 saturated heterocycles. The number of aromatic nitrogens is 2. The molecule has 1 aromatic heterocycles. The van der Waals surface area contributed by atoms with Crippen molar-refractivity contribution in [1.82, 2.24) is 20.4 Å². The Hall–Kier alpha value is -3.74. The molecule has 1 aliphatic heterocycles. The van der Waals surface area contributed by atoms with E-state index in [1.807, 2.05) is 56.3 Å². The maximum Gasteiger partial charge on any atom is 0.328 e. The number of benzene rings is 2. The van der Waals surface area contributed by atoms with Gasteiger partial charge in [-0.1, -0.05) is 36.4 Å². The van der Waals surface area contributed by atoms with Crippen LogP contribution >= 0.6 is 0 Å². The fraction of sp³-hybridized carbons (Fsp3) is 0.100. The zero-order valence-electron chi connectivity index (χ0n) is 14.7. The van der Waals surface area contributed by atoms with E-state index < -0.39 is 17.8 Å². The lowest BCUT2D eigenvalue weighted by molar-refractivity contribution is -0.123. The van der Waals surface area contributed by atoms with Gasteiger partial charge in [-0.2, -0.15) is 5.10 Å². The zero-order valence-corrected chi connectivity index (χ0v) is 14.7. The molecule has 1 aliphatic rings. The third-order valence-corrected chi connectivity index (χ3v) is 4.57. The Labute approximate surface area is 154 Å². The Morgan fingerprint density at radius 3 is 2.33 bits per heavy atom. The van der Waals surface area contributed by atoms with Crippen LogP contribution in [-0.4, -0.2) is 27.6 Å². The van der Waals surface area contributed by atoms with Crippen LogP contribution in [0.3, 0.4) is 0 Å². The molecule has 4 rings (SSSR count). The van der Waals surface area contributed by atoms with Crippen LogP contribution in [0.15, 0.2) is 48.0 Å². The Bertz CT molecular complexity index is 1130. The predicted octanol–water partition coefficient (Wildman–Crippen LogP) is 2.39. The number of carbonyl (C=O) groups is 3. The number of nitrogens with zero attached hydrogens (tertiary/aromatic N) is 2. The third-order valence-electron chi connectivity index (χ3n) is 4.57. The summed E-state index contributed by atoms with van der Waals surface area (Å²) in [5.74, 6) is -1.44. The maximum absolute atomic E-state index is 12.0. The van der Waals surface area contributed by atoms with E-state index in [4.69, 9.17) is 0 Å². The zero-order chi connectivity index (χ0) is 19.1. The molecule has 0 spiro atoms. The second-order valence-corrected chi connectivity index (χ2v) is 6.29. The number of urea groups is 1. The SMILES string of the molecule is Cc1nn(-c2cccc3ccccc23)c(C)c1C=C1C(=O)NC(=O)NC1=O. The van der Waals surface area contributed by atoms with Gasteiger partial charge in [0.1, 0.15) is 5.57 Å². The molecule has 0 saturated carbocycles. The molecule has 3 aromatic rings. The second-order valence-electron chi connectivity index (χ2n) is 6.29. The van der Waals surface area contributed by atoms with Crippen molar-refractivity contribution in [3.63, 3.8) is 0 Å². The number of amides is 4. The first-order valence-electron chi connectivity index (χ1n) is 8.38. The van der Waals surface area contributed by atoms with Gasteiger partial charge in [-0.3, -0.25) is 20.2 Å². The van der Waals surface area contributed by atoms with Crippen molar-refractivity contribution in [2.75, 3.05) is 0 Å². The topological polar surface area (TPSA) is 93.1 Å². The van der Waals surface area contributed by atoms with E-state index in [1.54, 1.807) is 4.68 Å². The van der Waals surface area contributed by atoms with Gasteiger partial charge in [-0.25, -0.2) is 9.48 Å². The summed E-state index contributed by atoms with van der Waals surface area (Å²) in [6.07, 6.45) is 1.47. The average Bonchev–Trinajstić information content (AvgIpc) is 2.91. The van der Waals surface area contributed by atoms with Crippen molar-refractivity contribution >= 4 is 34.7 Å². The molecule has 2 aromatic carbocycles. The number of nitrogens with one attached hydrogen (secondary N) is 2. The molecule has 1 fully saturated rings. The Kier molecular flexibility index (Phi) is 3.84. The molecule has 0 bridgehead atoms. The average molecular weight is 360 g/mol. The maximum atomic E-state index is 12.0. The van der Waals surface area contributed by atoms with E-state index in [9.17, 15) is 14.4 Å². The van der Waals surface area contributed by atoms with Gasteiger partial charge in [0.25, 0.3) is 11.8 Å². The Morgan fingerprint density at radius 2 is 1.59 bits per heavy atom. The number of rotatable bonds is 2. The molecule has 2 N–H and O–H groups in total. The smallest absolute Gasteiger partial charge is 0.273 e. The van der Waals surface area contributed by atoms with Crippen molar-refractivity contribution in [1.29, 1.82) is 0 Å². The Morgan fingerprint density at radius 1 is 0.926 bits per heavy atom. The first kappa shape index (κ1) is 16.7. The quantitative estimate of drug-likeness (QED) is 0.542. The van der Waals surface area contributed by atoms with Crippen LogP contribution in [0, 0.1) is 13.8 Å². The van der Waals surface area contributed by atoms with Crippen LogP contribution in [0.5, 0.6) is 0 Å². The molecular weight excluding hydrogens is 344 g/mol. The number of imide groups is 2. The number of barbiturate groups is 1. The molecule has 2 heterocycles. The summed E-state index contributed by atoms with van der Waals surface area (Å²) in [5, 5.41) is 10.9. The largest absolute Gasteiger partial charge is 0.328 e. The summed E-state index contributed by atoms with van der Waals surface area (Å²) in [6, 6.07) is 13.1. The highest BCUT2D eigenvalue weighted by Crippen LogP contribution is 2.26. The minimum Gasteiger partial charge on any atom is -0.273 e. The number of hydrogen-bond acceptors (Lipinski definition) is 4. The molecule has 0 unspecified atom stereocenters. The fourth-order valence-corrected chi connectivity index (χ4v) is 3.24. The van der Waals surface area contributed by atoms with Crippen molar-refractivity contribution < 1.29 is 14.4 Å². The van der Waals surface area contributed by atoms with Gasteiger partial charge < -0.3 is 0 Å². The van der Waals surface area contributed by atoms with E-state index in [-0.39, 0.29) is 5.57 Å². The van der Waals surface area contributed by atoms with Gasteiger partial charge in [0, 0.05) is 16.6 Å². The first-order chi connectivity index (χ1) is 13.0. The van der Waals surface area contributed by atoms with E-state index in [2.05, 4.69) is 15.7 Å². The van der Waals surface area contributed by atoms with Crippen molar-refractivity contribution in [2.45, 2.75) is 13.8 Å². The lowest BCUT2D eigenvalue weighted by atomic mass is 10.1. The van der Waals surface area contributed by atoms with Crippen molar-refractivity contribution in [2.24, 2.45) is 0 Å². The van der Waals surface area contributed by atoms with Crippen LogP contribution in [0.2, 0.25) is 0 Å². The van der Waals surface area contributed by atoms with Crippen molar-refractivity contribution in [3.8, 4) is 5.69 Å². The van der Waals surface area contributed by atoms with E-state index >= 15 is 0 Å². The van der Waals surface area contributed by atoms with Crippen LogP contribution in [0.1, 0.15) is 17.0 Å². The molecule has 134 valence electrons. The van der Waals surface area contributed by atoms with Gasteiger partial charge in [-0.15, -0.1) is 0 Å². The summed E-state index contributed by atoms with van der Waals surface area (Å²) in [6.45, 7) is 3.68. The summed E-state index contributed by atoms with van der Waals surface area (Å²) in [4.78, 5) is 35.2. The van der Waals surface area contributed by atoms with Crippen LogP contribution in [-0.2, 0) is 9.59 Å². The van der Waals surface area contributed by atoms with E-state index in [0.29, 0.717) is 11.3 Å². The van der Waals surface area contributed by atoms with Gasteiger partial charge in [0.15, 0.2) is 0 Å². The molecule has 0 radical (unpaired) electrons. The van der Waals surface area contributed by atoms with Gasteiger partial charge >= 0.3 is 6.03 Å². The molecule has 4 amide bonds. The monoisotopic (exact) mass is 360 g/mol. The minimum atomic E-state index is -0.818. The molecule has 27 heavy (non-hydrogen) atoms. The first-order valence-corrected chi connectivity index (χ1v) is 8.38. The normalized spacial score (nSPS) is 14.3. The van der Waals surface area contributed by atoms with E-state index in [1.165, 1.54) is 6.08 Å². The molecule has 0 aliphatic carbocycles. The number of hydrogen-bond donors (Lipinski definition) is 2. The molecule has 7 nitrogen and oxygen atoms in total. The molecular formula is C20H16N4O3. The molecule has 7 heteroatoms. The van der Waals surface area contributed by atoms with Crippen LogP contribution in [0.4, 0.5) is 4.79 Å². The highest BCUT2D eigenvalue weighted by molar-refractivity contribution is 6.31. The standard InChI is InChI=1S/C20H16N4O3/c1-11-15(10-16-18(25)21-20(27)22-19(16)26)12(2)24(23-11)17-9-5-7-13-6-3-4-8-14(13)17/h3-10H,1-2H3,(H2,21,22,25,26,27). The minimum absolute atomic E-state index is 0.127. The summed E-state index contributed by atoms with van der Waals surface area (Å²) in [7, 11) is 0. The van der Waals surface area contributed by atoms with Gasteiger partial charge in [0.2, 0.25) is 0 Å². The summed E-state index contributed by atoms with van der Waals surface area (Å²) < 4.78 is 1.80. The van der Waals surface area contributed by atoms with Crippen molar-refractivity contribution in [3.05, 3.63) is 65.0 Å². The summed E-state index contributed by atoms with van der Waals surface area (Å²) >= 11 is 0. The number of carbonyl (C=O) groups excluding carboxylic acids is 3. The fourth-order valence-electron chi connectivity index (χ4n) is 3.24. The number of fused-ring (bicyclic) bond motifs is 1. The Balaban J connectivity index is 1.86.